The first-order valence-corrected chi connectivity index (χ1v) is 7.43. The number of benzene rings is 2. The molecule has 0 spiro atoms. The minimum absolute atomic E-state index is 0.215. The lowest BCUT2D eigenvalue weighted by atomic mass is 10.1. The van der Waals surface area contributed by atoms with Crippen molar-refractivity contribution in [3.05, 3.63) is 63.2 Å². The topological polar surface area (TPSA) is 50.7 Å². The maximum absolute atomic E-state index is 12.1. The van der Waals surface area contributed by atoms with E-state index < -0.39 is 0 Å². The summed E-state index contributed by atoms with van der Waals surface area (Å²) >= 11 is 2.13. The lowest BCUT2D eigenvalue weighted by Gasteiger charge is -2.05. The molecule has 0 saturated carbocycles. The second-order valence-electron chi connectivity index (χ2n) is 4.35. The third-order valence-electron chi connectivity index (χ3n) is 2.95. The fourth-order valence-corrected chi connectivity index (χ4v) is 2.37. The molecule has 1 N–H and O–H groups in total. The van der Waals surface area contributed by atoms with Crippen molar-refractivity contribution in [1.29, 1.82) is 0 Å². The molecule has 108 valence electrons. The van der Waals surface area contributed by atoms with Gasteiger partial charge in [0.15, 0.2) is 0 Å². The lowest BCUT2D eigenvalue weighted by Crippen LogP contribution is -2.20. The zero-order valence-corrected chi connectivity index (χ0v) is 13.9. The molecule has 2 aromatic carbocycles. The van der Waals surface area contributed by atoms with Gasteiger partial charge in [0.2, 0.25) is 0 Å². The Morgan fingerprint density at radius 2 is 1.81 bits per heavy atom. The molecule has 0 heterocycles. The van der Waals surface area contributed by atoms with Crippen LogP contribution in [0.1, 0.15) is 22.8 Å². The van der Waals surface area contributed by atoms with E-state index in [0.717, 1.165) is 20.6 Å². The van der Waals surface area contributed by atoms with Gasteiger partial charge in [0.05, 0.1) is 18.4 Å². The molecule has 4 nitrogen and oxygen atoms in total. The predicted octanol–water partition coefficient (Wildman–Crippen LogP) is 3.45. The Hall–Kier alpha value is -1.89. The van der Waals surface area contributed by atoms with Crippen molar-refractivity contribution in [1.82, 2.24) is 5.43 Å². The Labute approximate surface area is 137 Å². The summed E-state index contributed by atoms with van der Waals surface area (Å²) in [6.45, 7) is 1.85. The van der Waals surface area contributed by atoms with E-state index in [-0.39, 0.29) is 5.91 Å². The Morgan fingerprint density at radius 3 is 2.43 bits per heavy atom. The number of rotatable bonds is 4. The van der Waals surface area contributed by atoms with E-state index >= 15 is 0 Å². The number of carbonyl (C=O) groups excluding carboxylic acids is 1. The second kappa shape index (κ2) is 7.21. The molecule has 0 aliphatic rings. The quantitative estimate of drug-likeness (QED) is 0.491. The van der Waals surface area contributed by atoms with E-state index in [1.807, 2.05) is 49.4 Å². The summed E-state index contributed by atoms with van der Waals surface area (Å²) in [7, 11) is 1.62. The van der Waals surface area contributed by atoms with Crippen LogP contribution in [0.4, 0.5) is 0 Å². The number of nitrogens with one attached hydrogen (secondary N) is 1. The number of carbonyl (C=O) groups is 1. The van der Waals surface area contributed by atoms with E-state index in [0.29, 0.717) is 5.56 Å². The Morgan fingerprint density at radius 1 is 1.14 bits per heavy atom. The molecule has 2 aromatic rings. The van der Waals surface area contributed by atoms with Gasteiger partial charge in [0.25, 0.3) is 5.91 Å². The number of nitrogens with zero attached hydrogens (tertiary/aromatic N) is 1. The maximum atomic E-state index is 12.1. The van der Waals surface area contributed by atoms with Gasteiger partial charge in [0, 0.05) is 3.57 Å². The average Bonchev–Trinajstić information content (AvgIpc) is 2.52. The van der Waals surface area contributed by atoms with Gasteiger partial charge >= 0.3 is 0 Å². The van der Waals surface area contributed by atoms with Crippen LogP contribution in [0, 0.1) is 3.57 Å². The van der Waals surface area contributed by atoms with E-state index in [2.05, 4.69) is 33.1 Å². The molecule has 0 aliphatic carbocycles. The number of amides is 1. The first-order valence-electron chi connectivity index (χ1n) is 6.35. The van der Waals surface area contributed by atoms with Crippen LogP contribution in [0.3, 0.4) is 0 Å². The average molecular weight is 394 g/mol. The van der Waals surface area contributed by atoms with Crippen LogP contribution in [0.2, 0.25) is 0 Å². The van der Waals surface area contributed by atoms with Gasteiger partial charge < -0.3 is 4.74 Å². The third-order valence-corrected chi connectivity index (χ3v) is 3.89. The van der Waals surface area contributed by atoms with Gasteiger partial charge in [-0.15, -0.1) is 0 Å². The first-order chi connectivity index (χ1) is 10.1. The zero-order valence-electron chi connectivity index (χ0n) is 11.8. The molecule has 0 aromatic heterocycles. The summed E-state index contributed by atoms with van der Waals surface area (Å²) in [5.41, 5.74) is 4.86. The molecule has 5 heteroatoms. The Kier molecular flexibility index (Phi) is 5.32. The number of methoxy groups -OCH3 is 1. The fraction of sp³-hybridized carbons (Fsp3) is 0.125. The van der Waals surface area contributed by atoms with Crippen LogP contribution in [0.5, 0.6) is 5.75 Å². The molecule has 0 fully saturated rings. The molecular weight excluding hydrogens is 379 g/mol. The largest absolute Gasteiger partial charge is 0.497 e. The summed E-state index contributed by atoms with van der Waals surface area (Å²) in [4.78, 5) is 12.1. The van der Waals surface area contributed by atoms with E-state index in [1.165, 1.54) is 0 Å². The Balaban J connectivity index is 2.09. The van der Waals surface area contributed by atoms with E-state index in [9.17, 15) is 4.79 Å². The van der Waals surface area contributed by atoms with Crippen molar-refractivity contribution in [2.24, 2.45) is 5.10 Å². The number of hydrazone groups is 1. The summed E-state index contributed by atoms with van der Waals surface area (Å²) in [6.07, 6.45) is 0. The van der Waals surface area contributed by atoms with Crippen LogP contribution < -0.4 is 10.2 Å². The molecule has 0 bridgehead atoms. The van der Waals surface area contributed by atoms with Crippen molar-refractivity contribution in [3.63, 3.8) is 0 Å². The van der Waals surface area contributed by atoms with Crippen molar-refractivity contribution >= 4 is 34.2 Å². The summed E-state index contributed by atoms with van der Waals surface area (Å²) in [5, 5.41) is 4.14. The highest BCUT2D eigenvalue weighted by molar-refractivity contribution is 14.1. The van der Waals surface area contributed by atoms with Gasteiger partial charge in [-0.2, -0.15) is 5.10 Å². The van der Waals surface area contributed by atoms with Gasteiger partial charge in [-0.3, -0.25) is 4.79 Å². The number of ether oxygens (including phenoxy) is 1. The zero-order chi connectivity index (χ0) is 15.2. The molecule has 0 saturated heterocycles. The standard InChI is InChI=1S/C16H15IN2O2/c1-11(12-7-9-13(21-2)10-8-12)18-19-16(20)14-5-3-4-6-15(14)17/h3-10H,1-2H3,(H,19,20). The highest BCUT2D eigenvalue weighted by Gasteiger charge is 2.08. The van der Waals surface area contributed by atoms with Gasteiger partial charge in [-0.05, 0) is 71.5 Å². The van der Waals surface area contributed by atoms with Crippen LogP contribution >= 0.6 is 22.6 Å². The summed E-state index contributed by atoms with van der Waals surface area (Å²) < 4.78 is 6.00. The minimum atomic E-state index is -0.215. The highest BCUT2D eigenvalue weighted by Crippen LogP contribution is 2.13. The van der Waals surface area contributed by atoms with Crippen LogP contribution in [0.25, 0.3) is 0 Å². The van der Waals surface area contributed by atoms with Gasteiger partial charge in [0.1, 0.15) is 5.75 Å². The van der Waals surface area contributed by atoms with Crippen LogP contribution in [-0.4, -0.2) is 18.7 Å². The number of halogens is 1. The molecule has 0 aliphatic heterocycles. The van der Waals surface area contributed by atoms with Crippen molar-refractivity contribution in [2.45, 2.75) is 6.92 Å². The molecule has 21 heavy (non-hydrogen) atoms. The molecule has 2 rings (SSSR count). The fourth-order valence-electron chi connectivity index (χ4n) is 1.74. The molecule has 0 unspecified atom stereocenters. The van der Waals surface area contributed by atoms with Crippen molar-refractivity contribution in [3.8, 4) is 5.75 Å². The normalized spacial score (nSPS) is 11.1. The predicted molar refractivity (Wildman–Crippen MR) is 91.8 cm³/mol. The molecule has 1 amide bonds. The van der Waals surface area contributed by atoms with Gasteiger partial charge in [-0.25, -0.2) is 5.43 Å². The highest BCUT2D eigenvalue weighted by atomic mass is 127. The van der Waals surface area contributed by atoms with E-state index in [4.69, 9.17) is 4.74 Å². The number of hydrogen-bond acceptors (Lipinski definition) is 3. The van der Waals surface area contributed by atoms with E-state index in [1.54, 1.807) is 13.2 Å². The first kappa shape index (κ1) is 15.5. The molecule has 0 radical (unpaired) electrons. The molecular formula is C16H15IN2O2. The van der Waals surface area contributed by atoms with Crippen LogP contribution in [-0.2, 0) is 0 Å². The third kappa shape index (κ3) is 4.04. The Bertz CT molecular complexity index is 666. The maximum Gasteiger partial charge on any atom is 0.272 e. The van der Waals surface area contributed by atoms with Crippen LogP contribution in [0.15, 0.2) is 53.6 Å². The monoisotopic (exact) mass is 394 g/mol. The minimum Gasteiger partial charge on any atom is -0.497 e. The lowest BCUT2D eigenvalue weighted by molar-refractivity contribution is 0.0954. The number of hydrogen-bond donors (Lipinski definition) is 1. The van der Waals surface area contributed by atoms with Gasteiger partial charge in [-0.1, -0.05) is 12.1 Å². The van der Waals surface area contributed by atoms with Crippen molar-refractivity contribution in [2.75, 3.05) is 7.11 Å². The molecule has 0 atom stereocenters. The summed E-state index contributed by atoms with van der Waals surface area (Å²) in [5.74, 6) is 0.572. The smallest absolute Gasteiger partial charge is 0.272 e. The van der Waals surface area contributed by atoms with Crippen molar-refractivity contribution < 1.29 is 9.53 Å². The second-order valence-corrected chi connectivity index (χ2v) is 5.51. The summed E-state index contributed by atoms with van der Waals surface area (Å²) in [6, 6.07) is 14.9. The SMILES string of the molecule is COc1ccc(C(C)=NNC(=O)c2ccccc2I)cc1.